The van der Waals surface area contributed by atoms with Crippen LogP contribution in [-0.2, 0) is 0 Å². The zero-order valence-electron chi connectivity index (χ0n) is 7.98. The predicted octanol–water partition coefficient (Wildman–Crippen LogP) is 5.56. The minimum atomic E-state index is -0.357. The Hall–Kier alpha value is -0.570. The van der Waals surface area contributed by atoms with Gasteiger partial charge in [0.1, 0.15) is 5.82 Å². The highest BCUT2D eigenvalue weighted by atomic mass is 79.9. The Kier molecular flexibility index (Phi) is 3.53. The summed E-state index contributed by atoms with van der Waals surface area (Å²) in [5.41, 5.74) is 0.926. The second-order valence-corrected chi connectivity index (χ2v) is 4.95. The lowest BCUT2D eigenvalue weighted by atomic mass is 10.1. The van der Waals surface area contributed by atoms with Crippen LogP contribution in [0.4, 0.5) is 4.39 Å². The van der Waals surface area contributed by atoms with Crippen LogP contribution in [0.5, 0.6) is 0 Å². The normalized spacial score (nSPS) is 10.5. The summed E-state index contributed by atoms with van der Waals surface area (Å²) < 4.78 is 14.4. The lowest BCUT2D eigenvalue weighted by Crippen LogP contribution is -1.86. The summed E-state index contributed by atoms with van der Waals surface area (Å²) in [5.74, 6) is -0.357. The van der Waals surface area contributed by atoms with Gasteiger partial charge in [0.2, 0.25) is 0 Å². The van der Waals surface area contributed by atoms with Gasteiger partial charge in [0.25, 0.3) is 0 Å². The largest absolute Gasteiger partial charge is 0.206 e. The molecule has 0 spiro atoms. The summed E-state index contributed by atoms with van der Waals surface area (Å²) in [5, 5.41) is 0.877. The van der Waals surface area contributed by atoms with Gasteiger partial charge in [-0.3, -0.25) is 0 Å². The van der Waals surface area contributed by atoms with Crippen molar-refractivity contribution in [3.8, 4) is 11.1 Å². The average Bonchev–Trinajstić information content (AvgIpc) is 2.20. The van der Waals surface area contributed by atoms with Crippen LogP contribution in [0.2, 0.25) is 10.0 Å². The van der Waals surface area contributed by atoms with Crippen molar-refractivity contribution in [1.82, 2.24) is 0 Å². The Bertz CT molecular complexity index is 520. The first-order valence-electron chi connectivity index (χ1n) is 4.49. The molecule has 0 bridgehead atoms. The van der Waals surface area contributed by atoms with Crippen LogP contribution in [-0.4, -0.2) is 0 Å². The first-order chi connectivity index (χ1) is 7.59. The van der Waals surface area contributed by atoms with Gasteiger partial charge in [0, 0.05) is 25.6 Å². The molecule has 0 unspecified atom stereocenters. The fourth-order valence-corrected chi connectivity index (χ4v) is 2.38. The molecule has 2 aromatic rings. The molecule has 2 rings (SSSR count). The van der Waals surface area contributed by atoms with Crippen molar-refractivity contribution in [2.75, 3.05) is 0 Å². The van der Waals surface area contributed by atoms with Crippen molar-refractivity contribution in [3.05, 3.63) is 56.7 Å². The Morgan fingerprint density at radius 3 is 2.19 bits per heavy atom. The molecule has 0 aliphatic carbocycles. The quantitative estimate of drug-likeness (QED) is 0.645. The lowest BCUT2D eigenvalue weighted by Gasteiger charge is -2.08. The van der Waals surface area contributed by atoms with Gasteiger partial charge >= 0.3 is 0 Å². The van der Waals surface area contributed by atoms with Gasteiger partial charge in [-0.05, 0) is 24.3 Å². The zero-order valence-corrected chi connectivity index (χ0v) is 11.1. The number of rotatable bonds is 1. The van der Waals surface area contributed by atoms with Gasteiger partial charge in [0.15, 0.2) is 0 Å². The average molecular weight is 320 g/mol. The van der Waals surface area contributed by atoms with E-state index < -0.39 is 0 Å². The second-order valence-electron chi connectivity index (χ2n) is 3.22. The Labute approximate surface area is 111 Å². The Morgan fingerprint density at radius 1 is 1.00 bits per heavy atom. The minimum absolute atomic E-state index is 0.357. The van der Waals surface area contributed by atoms with Gasteiger partial charge in [-0.25, -0.2) is 4.39 Å². The standard InChI is InChI=1S/C12H6BrCl2F/c13-7-4-5-8(11(16)6-7)12-9(14)2-1-3-10(12)15/h1-6H. The number of benzene rings is 2. The zero-order chi connectivity index (χ0) is 11.7. The summed E-state index contributed by atoms with van der Waals surface area (Å²) in [6, 6.07) is 9.87. The number of hydrogen-bond acceptors (Lipinski definition) is 0. The fourth-order valence-electron chi connectivity index (χ4n) is 1.45. The van der Waals surface area contributed by atoms with E-state index in [1.165, 1.54) is 6.07 Å². The molecule has 0 N–H and O–H groups in total. The van der Waals surface area contributed by atoms with Gasteiger partial charge in [0.05, 0.1) is 0 Å². The molecule has 0 fully saturated rings. The van der Waals surface area contributed by atoms with Crippen LogP contribution in [0.3, 0.4) is 0 Å². The van der Waals surface area contributed by atoms with E-state index in [1.54, 1.807) is 30.3 Å². The van der Waals surface area contributed by atoms with Crippen LogP contribution in [0, 0.1) is 5.82 Å². The maximum absolute atomic E-state index is 13.7. The van der Waals surface area contributed by atoms with Gasteiger partial charge in [-0.15, -0.1) is 0 Å². The van der Waals surface area contributed by atoms with Crippen molar-refractivity contribution in [3.63, 3.8) is 0 Å². The molecule has 0 heterocycles. The molecular weight excluding hydrogens is 314 g/mol. The van der Waals surface area contributed by atoms with Crippen LogP contribution >= 0.6 is 39.1 Å². The molecule has 0 radical (unpaired) electrons. The Morgan fingerprint density at radius 2 is 1.62 bits per heavy atom. The van der Waals surface area contributed by atoms with Gasteiger partial charge in [-0.2, -0.15) is 0 Å². The summed E-state index contributed by atoms with van der Waals surface area (Å²) in [6.45, 7) is 0. The molecule has 0 aliphatic heterocycles. The third-order valence-electron chi connectivity index (χ3n) is 2.16. The Balaban J connectivity index is 2.68. The monoisotopic (exact) mass is 318 g/mol. The molecule has 0 saturated carbocycles. The van der Waals surface area contributed by atoms with E-state index in [9.17, 15) is 4.39 Å². The van der Waals surface area contributed by atoms with Crippen molar-refractivity contribution in [2.24, 2.45) is 0 Å². The van der Waals surface area contributed by atoms with Gasteiger partial charge in [-0.1, -0.05) is 51.3 Å². The molecule has 0 nitrogen and oxygen atoms in total. The van der Waals surface area contributed by atoms with Crippen LogP contribution in [0.15, 0.2) is 40.9 Å². The third-order valence-corrected chi connectivity index (χ3v) is 3.29. The molecule has 0 saturated heterocycles. The topological polar surface area (TPSA) is 0 Å². The van der Waals surface area contributed by atoms with E-state index in [0.717, 1.165) is 0 Å². The molecule has 0 amide bonds. The first kappa shape index (κ1) is 11.9. The third kappa shape index (κ3) is 2.24. The van der Waals surface area contributed by atoms with E-state index in [4.69, 9.17) is 23.2 Å². The number of hydrogen-bond donors (Lipinski definition) is 0. The predicted molar refractivity (Wildman–Crippen MR) is 69.6 cm³/mol. The van der Waals surface area contributed by atoms with Crippen molar-refractivity contribution in [1.29, 1.82) is 0 Å². The molecular formula is C12H6BrCl2F. The maximum atomic E-state index is 13.7. The molecule has 2 aromatic carbocycles. The van der Waals surface area contributed by atoms with E-state index >= 15 is 0 Å². The van der Waals surface area contributed by atoms with E-state index in [1.807, 2.05) is 0 Å². The molecule has 4 heteroatoms. The second kappa shape index (κ2) is 4.74. The highest BCUT2D eigenvalue weighted by Gasteiger charge is 2.12. The fraction of sp³-hybridized carbons (Fsp3) is 0. The van der Waals surface area contributed by atoms with Crippen LogP contribution < -0.4 is 0 Å². The van der Waals surface area contributed by atoms with E-state index in [2.05, 4.69) is 15.9 Å². The summed E-state index contributed by atoms with van der Waals surface area (Å²) >= 11 is 15.2. The summed E-state index contributed by atoms with van der Waals surface area (Å²) in [4.78, 5) is 0. The maximum Gasteiger partial charge on any atom is 0.132 e. The molecule has 0 aromatic heterocycles. The molecule has 0 aliphatic rings. The van der Waals surface area contributed by atoms with Gasteiger partial charge < -0.3 is 0 Å². The number of halogens is 4. The molecule has 0 atom stereocenters. The minimum Gasteiger partial charge on any atom is -0.206 e. The molecule has 82 valence electrons. The highest BCUT2D eigenvalue weighted by molar-refractivity contribution is 9.10. The molecule has 16 heavy (non-hydrogen) atoms. The van der Waals surface area contributed by atoms with E-state index in [0.29, 0.717) is 25.6 Å². The first-order valence-corrected chi connectivity index (χ1v) is 6.04. The summed E-state index contributed by atoms with van der Waals surface area (Å²) in [7, 11) is 0. The lowest BCUT2D eigenvalue weighted by molar-refractivity contribution is 0.630. The van der Waals surface area contributed by atoms with Crippen molar-refractivity contribution in [2.45, 2.75) is 0 Å². The highest BCUT2D eigenvalue weighted by Crippen LogP contribution is 2.36. The van der Waals surface area contributed by atoms with Crippen molar-refractivity contribution >= 4 is 39.1 Å². The smallest absolute Gasteiger partial charge is 0.132 e. The van der Waals surface area contributed by atoms with E-state index in [-0.39, 0.29) is 5.82 Å². The SMILES string of the molecule is Fc1cc(Br)ccc1-c1c(Cl)cccc1Cl. The summed E-state index contributed by atoms with van der Waals surface area (Å²) in [6.07, 6.45) is 0. The van der Waals surface area contributed by atoms with Crippen molar-refractivity contribution < 1.29 is 4.39 Å². The van der Waals surface area contributed by atoms with Crippen LogP contribution in [0.25, 0.3) is 11.1 Å². The van der Waals surface area contributed by atoms with Crippen LogP contribution in [0.1, 0.15) is 0 Å².